The summed E-state index contributed by atoms with van der Waals surface area (Å²) in [5.41, 5.74) is -0.375. The van der Waals surface area contributed by atoms with Crippen LogP contribution in [0.1, 0.15) is 66.7 Å². The Labute approximate surface area is 122 Å². The number of carbonyl (C=O) groups is 2. The van der Waals surface area contributed by atoms with Crippen LogP contribution in [-0.2, 0) is 23.8 Å². The van der Waals surface area contributed by atoms with Crippen molar-refractivity contribution in [3.63, 3.8) is 0 Å². The summed E-state index contributed by atoms with van der Waals surface area (Å²) in [5.74, 6) is -0.797. The van der Waals surface area contributed by atoms with E-state index in [1.807, 2.05) is 34.6 Å². The Balaban J connectivity index is 3.94. The molecule has 0 saturated heterocycles. The van der Waals surface area contributed by atoms with Gasteiger partial charge in [-0.05, 0) is 27.2 Å². The molecule has 0 aliphatic heterocycles. The maximum Gasteiger partial charge on any atom is 0.308 e. The van der Waals surface area contributed by atoms with E-state index >= 15 is 0 Å². The second-order valence-corrected chi connectivity index (χ2v) is 5.63. The number of rotatable bonds is 9. The lowest BCUT2D eigenvalue weighted by Gasteiger charge is -2.26. The average molecular weight is 288 g/mol. The van der Waals surface area contributed by atoms with Gasteiger partial charge in [0.05, 0.1) is 25.0 Å². The van der Waals surface area contributed by atoms with Crippen molar-refractivity contribution in [2.75, 3.05) is 6.61 Å². The van der Waals surface area contributed by atoms with Gasteiger partial charge in [-0.25, -0.2) is 0 Å². The summed E-state index contributed by atoms with van der Waals surface area (Å²) in [6.45, 7) is 10.0. The van der Waals surface area contributed by atoms with Crippen LogP contribution in [0, 0.1) is 0 Å². The number of hydrogen-bond donors (Lipinski definition) is 0. The van der Waals surface area contributed by atoms with Gasteiger partial charge in [-0.3, -0.25) is 9.59 Å². The first kappa shape index (κ1) is 18.9. The normalized spacial score (nSPS) is 12.8. The van der Waals surface area contributed by atoms with Crippen LogP contribution in [0.3, 0.4) is 0 Å². The van der Waals surface area contributed by atoms with Crippen molar-refractivity contribution in [2.45, 2.75) is 78.6 Å². The van der Waals surface area contributed by atoms with E-state index in [9.17, 15) is 9.59 Å². The Kier molecular flexibility index (Phi) is 9.21. The van der Waals surface area contributed by atoms with Crippen molar-refractivity contribution in [3.05, 3.63) is 0 Å². The highest BCUT2D eigenvalue weighted by molar-refractivity contribution is 5.77. The first-order valence-electron chi connectivity index (χ1n) is 7.31. The van der Waals surface area contributed by atoms with E-state index in [0.29, 0.717) is 13.0 Å². The third-order valence-corrected chi connectivity index (χ3v) is 2.38. The molecule has 0 N–H and O–H groups in total. The fourth-order valence-corrected chi connectivity index (χ4v) is 1.40. The minimum Gasteiger partial charge on any atom is -0.466 e. The molecule has 0 fully saturated rings. The van der Waals surface area contributed by atoms with Crippen molar-refractivity contribution >= 4 is 11.9 Å². The lowest BCUT2D eigenvalue weighted by atomic mass is 10.2. The van der Waals surface area contributed by atoms with Gasteiger partial charge in [-0.15, -0.1) is 0 Å². The summed E-state index contributed by atoms with van der Waals surface area (Å²) in [4.78, 5) is 23.0. The quantitative estimate of drug-likeness (QED) is 0.370. The summed E-state index contributed by atoms with van der Waals surface area (Å²) in [6.07, 6.45) is 1.89. The van der Waals surface area contributed by atoms with E-state index < -0.39 is 12.3 Å². The van der Waals surface area contributed by atoms with Crippen LogP contribution in [0.2, 0.25) is 0 Å². The molecule has 1 atom stereocenters. The Morgan fingerprint density at radius 2 is 1.65 bits per heavy atom. The molecule has 0 spiro atoms. The minimum absolute atomic E-state index is 0.0228. The van der Waals surface area contributed by atoms with Gasteiger partial charge in [0, 0.05) is 6.42 Å². The first-order chi connectivity index (χ1) is 9.28. The SMILES string of the molecule is CCCCOC(=O)CCC(=O)OC(CC)OC(C)(C)C. The summed E-state index contributed by atoms with van der Waals surface area (Å²) in [6, 6.07) is 0. The zero-order chi connectivity index (χ0) is 15.6. The van der Waals surface area contributed by atoms with Gasteiger partial charge >= 0.3 is 11.9 Å². The van der Waals surface area contributed by atoms with Crippen LogP contribution < -0.4 is 0 Å². The molecule has 0 aliphatic rings. The fourth-order valence-electron chi connectivity index (χ4n) is 1.40. The highest BCUT2D eigenvalue weighted by Crippen LogP contribution is 2.14. The molecule has 0 saturated carbocycles. The molecule has 0 bridgehead atoms. The van der Waals surface area contributed by atoms with Gasteiger partial charge in [-0.1, -0.05) is 20.3 Å². The van der Waals surface area contributed by atoms with Crippen LogP contribution >= 0.6 is 0 Å². The summed E-state index contributed by atoms with van der Waals surface area (Å²) in [7, 11) is 0. The van der Waals surface area contributed by atoms with Crippen LogP contribution in [0.4, 0.5) is 0 Å². The van der Waals surface area contributed by atoms with Crippen molar-refractivity contribution in [1.29, 1.82) is 0 Å². The predicted molar refractivity (Wildman–Crippen MR) is 76.1 cm³/mol. The maximum absolute atomic E-state index is 11.6. The molecule has 5 heteroatoms. The standard InChI is InChI=1S/C15H28O5/c1-6-8-11-18-12(16)9-10-13(17)19-14(7-2)20-15(3,4)5/h14H,6-11H2,1-5H3. The van der Waals surface area contributed by atoms with E-state index in [-0.39, 0.29) is 24.4 Å². The summed E-state index contributed by atoms with van der Waals surface area (Å²) < 4.78 is 15.7. The molecule has 0 aromatic carbocycles. The van der Waals surface area contributed by atoms with Crippen molar-refractivity contribution in [3.8, 4) is 0 Å². The van der Waals surface area contributed by atoms with Crippen LogP contribution in [-0.4, -0.2) is 30.4 Å². The molecule has 20 heavy (non-hydrogen) atoms. The molecule has 0 aromatic rings. The highest BCUT2D eigenvalue weighted by Gasteiger charge is 2.21. The smallest absolute Gasteiger partial charge is 0.308 e. The third kappa shape index (κ3) is 10.8. The van der Waals surface area contributed by atoms with Gasteiger partial charge in [0.2, 0.25) is 6.29 Å². The Hall–Kier alpha value is -1.10. The topological polar surface area (TPSA) is 61.8 Å². The monoisotopic (exact) mass is 288 g/mol. The Bertz CT molecular complexity index is 293. The number of carbonyl (C=O) groups excluding carboxylic acids is 2. The molecular weight excluding hydrogens is 260 g/mol. The second-order valence-electron chi connectivity index (χ2n) is 5.63. The Morgan fingerprint density at radius 1 is 1.05 bits per heavy atom. The van der Waals surface area contributed by atoms with Crippen molar-refractivity contribution in [1.82, 2.24) is 0 Å². The molecule has 0 aromatic heterocycles. The number of esters is 2. The van der Waals surface area contributed by atoms with Gasteiger partial charge in [0.1, 0.15) is 0 Å². The largest absolute Gasteiger partial charge is 0.466 e. The molecule has 0 aliphatic carbocycles. The van der Waals surface area contributed by atoms with E-state index in [1.165, 1.54) is 0 Å². The van der Waals surface area contributed by atoms with Gasteiger partial charge in [-0.2, -0.15) is 0 Å². The third-order valence-electron chi connectivity index (χ3n) is 2.38. The molecule has 0 heterocycles. The van der Waals surface area contributed by atoms with Gasteiger partial charge < -0.3 is 14.2 Å². The molecular formula is C15H28O5. The van der Waals surface area contributed by atoms with E-state index in [2.05, 4.69) is 0 Å². The molecule has 5 nitrogen and oxygen atoms in total. The van der Waals surface area contributed by atoms with Crippen LogP contribution in [0.5, 0.6) is 0 Å². The lowest BCUT2D eigenvalue weighted by Crippen LogP contribution is -2.30. The first-order valence-corrected chi connectivity index (χ1v) is 7.31. The van der Waals surface area contributed by atoms with Crippen molar-refractivity contribution in [2.24, 2.45) is 0 Å². The lowest BCUT2D eigenvalue weighted by molar-refractivity contribution is -0.204. The molecule has 118 valence electrons. The predicted octanol–water partition coefficient (Wildman–Crippen LogP) is 3.20. The number of ether oxygens (including phenoxy) is 3. The molecule has 0 amide bonds. The molecule has 1 unspecified atom stereocenters. The molecule has 0 rings (SSSR count). The van der Waals surface area contributed by atoms with E-state index in [0.717, 1.165) is 12.8 Å². The summed E-state index contributed by atoms with van der Waals surface area (Å²) >= 11 is 0. The number of hydrogen-bond acceptors (Lipinski definition) is 5. The average Bonchev–Trinajstić information content (AvgIpc) is 2.34. The maximum atomic E-state index is 11.6. The second kappa shape index (κ2) is 9.75. The zero-order valence-corrected chi connectivity index (χ0v) is 13.4. The van der Waals surface area contributed by atoms with Gasteiger partial charge in [0.25, 0.3) is 0 Å². The molecule has 0 radical (unpaired) electrons. The zero-order valence-electron chi connectivity index (χ0n) is 13.4. The van der Waals surface area contributed by atoms with E-state index in [4.69, 9.17) is 14.2 Å². The van der Waals surface area contributed by atoms with Crippen LogP contribution in [0.25, 0.3) is 0 Å². The van der Waals surface area contributed by atoms with Crippen LogP contribution in [0.15, 0.2) is 0 Å². The van der Waals surface area contributed by atoms with E-state index in [1.54, 1.807) is 0 Å². The van der Waals surface area contributed by atoms with Gasteiger partial charge in [0.15, 0.2) is 0 Å². The minimum atomic E-state index is -0.571. The highest BCUT2D eigenvalue weighted by atomic mass is 16.7. The summed E-state index contributed by atoms with van der Waals surface area (Å²) in [5, 5.41) is 0. The van der Waals surface area contributed by atoms with Crippen molar-refractivity contribution < 1.29 is 23.8 Å². The number of unbranched alkanes of at least 4 members (excludes halogenated alkanes) is 1. The Morgan fingerprint density at radius 3 is 2.15 bits per heavy atom. The fraction of sp³-hybridized carbons (Fsp3) is 0.867.